The smallest absolute Gasteiger partial charge is 0.416 e. The van der Waals surface area contributed by atoms with E-state index in [9.17, 15) is 18.3 Å². The number of hydrogen-bond donors (Lipinski definition) is 1. The fourth-order valence-corrected chi connectivity index (χ4v) is 4.29. The van der Waals surface area contributed by atoms with Crippen molar-refractivity contribution in [2.24, 2.45) is 0 Å². The molecule has 4 nitrogen and oxygen atoms in total. The topological polar surface area (TPSA) is 35.7 Å². The van der Waals surface area contributed by atoms with Crippen LogP contribution in [0.25, 0.3) is 0 Å². The average Bonchev–Trinajstić information content (AvgIpc) is 2.83. The number of rotatable bonds is 3. The highest BCUT2D eigenvalue weighted by atomic mass is 19.4. The highest BCUT2D eigenvalue weighted by molar-refractivity contribution is 5.97. The van der Waals surface area contributed by atoms with Crippen LogP contribution in [-0.2, 0) is 11.9 Å². The van der Waals surface area contributed by atoms with Crippen molar-refractivity contribution in [2.75, 3.05) is 25.1 Å². The van der Waals surface area contributed by atoms with E-state index in [1.165, 1.54) is 6.07 Å². The van der Waals surface area contributed by atoms with Gasteiger partial charge in [0.2, 0.25) is 0 Å². The molecule has 2 aromatic carbocycles. The summed E-state index contributed by atoms with van der Waals surface area (Å²) in [5, 5.41) is 11.8. The van der Waals surface area contributed by atoms with E-state index in [4.69, 9.17) is 4.74 Å². The summed E-state index contributed by atoms with van der Waals surface area (Å²) in [7, 11) is 1.56. The fraction of sp³-hybridized carbons (Fsp3) is 0.409. The molecular weight excluding hydrogens is 381 g/mol. The molecule has 2 aromatic rings. The fourth-order valence-electron chi connectivity index (χ4n) is 4.29. The van der Waals surface area contributed by atoms with Gasteiger partial charge in [0.15, 0.2) is 6.54 Å². The lowest BCUT2D eigenvalue weighted by Crippen LogP contribution is -2.47. The van der Waals surface area contributed by atoms with Gasteiger partial charge in [-0.3, -0.25) is 4.58 Å². The molecule has 2 heterocycles. The number of hydrogen-bond acceptors (Lipinski definition) is 3. The Kier molecular flexibility index (Phi) is 5.02. The molecule has 4 rings (SSSR count). The quantitative estimate of drug-likeness (QED) is 0.771. The van der Waals surface area contributed by atoms with Gasteiger partial charge in [-0.2, -0.15) is 18.1 Å². The van der Waals surface area contributed by atoms with Crippen LogP contribution in [0.4, 0.5) is 18.9 Å². The summed E-state index contributed by atoms with van der Waals surface area (Å²) in [6, 6.07) is 12.3. The van der Waals surface area contributed by atoms with Gasteiger partial charge in [-0.15, -0.1) is 0 Å². The van der Waals surface area contributed by atoms with E-state index >= 15 is 0 Å². The van der Waals surface area contributed by atoms with Gasteiger partial charge in [-0.05, 0) is 61.7 Å². The summed E-state index contributed by atoms with van der Waals surface area (Å²) in [6.07, 6.45) is -0.716. The van der Waals surface area contributed by atoms with Crippen molar-refractivity contribution in [3.8, 4) is 5.75 Å². The second kappa shape index (κ2) is 7.37. The molecule has 1 atom stereocenters. The van der Waals surface area contributed by atoms with Crippen LogP contribution in [0.15, 0.2) is 48.5 Å². The van der Waals surface area contributed by atoms with Gasteiger partial charge in [0.05, 0.1) is 19.2 Å². The van der Waals surface area contributed by atoms with Crippen molar-refractivity contribution in [3.63, 3.8) is 0 Å². The minimum atomic E-state index is -4.44. The van der Waals surface area contributed by atoms with Crippen LogP contribution in [-0.4, -0.2) is 35.7 Å². The number of methoxy groups -OCH3 is 1. The molecule has 29 heavy (non-hydrogen) atoms. The summed E-state index contributed by atoms with van der Waals surface area (Å²) < 4.78 is 47.3. The lowest BCUT2D eigenvalue weighted by atomic mass is 9.99. The SMILES string of the molecule is COc1ccc([C@]2(O)C[N+]3=C(CCCCC3)N2c2cccc(C(F)(F)F)c2)cc1. The summed E-state index contributed by atoms with van der Waals surface area (Å²) in [4.78, 5) is 1.69. The van der Waals surface area contributed by atoms with Crippen LogP contribution in [0.5, 0.6) is 5.75 Å². The van der Waals surface area contributed by atoms with Gasteiger partial charge in [0.1, 0.15) is 11.4 Å². The molecule has 0 aliphatic carbocycles. The minimum Gasteiger partial charge on any atom is -0.497 e. The number of anilines is 1. The first-order chi connectivity index (χ1) is 13.8. The van der Waals surface area contributed by atoms with E-state index in [0.717, 1.165) is 43.8 Å². The number of halogens is 3. The van der Waals surface area contributed by atoms with Crippen LogP contribution >= 0.6 is 0 Å². The van der Waals surface area contributed by atoms with E-state index in [1.54, 1.807) is 42.3 Å². The lowest BCUT2D eigenvalue weighted by molar-refractivity contribution is -0.534. The Labute approximate surface area is 167 Å². The Morgan fingerprint density at radius 1 is 1.07 bits per heavy atom. The maximum atomic E-state index is 13.3. The Morgan fingerprint density at radius 2 is 1.83 bits per heavy atom. The highest BCUT2D eigenvalue weighted by Crippen LogP contribution is 2.40. The molecule has 1 N–H and O–H groups in total. The molecular formula is C22H24F3N2O2+. The van der Waals surface area contributed by atoms with Crippen molar-refractivity contribution in [1.82, 2.24) is 0 Å². The van der Waals surface area contributed by atoms with E-state index in [0.29, 0.717) is 30.0 Å². The molecule has 0 aromatic heterocycles. The Hall–Kier alpha value is -2.54. The van der Waals surface area contributed by atoms with E-state index in [2.05, 4.69) is 4.58 Å². The number of ether oxygens (including phenoxy) is 1. The standard InChI is InChI=1S/C22H24F3N2O2/c1-29-19-11-9-16(10-12-19)21(28)15-26-13-4-2-3-8-20(26)27(21)18-7-5-6-17(14-18)22(23,24)25/h5-7,9-12,14,28H,2-4,8,13,15H2,1H3/q+1/t21-/m1/s1. The van der Waals surface area contributed by atoms with E-state index in [1.807, 2.05) is 0 Å². The third-order valence-corrected chi connectivity index (χ3v) is 5.72. The average molecular weight is 405 g/mol. The lowest BCUT2D eigenvalue weighted by Gasteiger charge is -2.29. The molecule has 0 saturated heterocycles. The Balaban J connectivity index is 1.83. The number of amidine groups is 1. The predicted molar refractivity (Wildman–Crippen MR) is 104 cm³/mol. The molecule has 2 aliphatic heterocycles. The first kappa shape index (κ1) is 19.8. The second-order valence-electron chi connectivity index (χ2n) is 7.58. The zero-order valence-electron chi connectivity index (χ0n) is 16.2. The van der Waals surface area contributed by atoms with Crippen LogP contribution in [0, 0.1) is 0 Å². The largest absolute Gasteiger partial charge is 0.497 e. The summed E-state index contributed by atoms with van der Waals surface area (Å²) in [5.74, 6) is 1.53. The number of alkyl halides is 3. The van der Waals surface area contributed by atoms with Crippen molar-refractivity contribution in [3.05, 3.63) is 59.7 Å². The molecule has 0 saturated carbocycles. The number of nitrogens with zero attached hydrogens (tertiary/aromatic N) is 2. The molecule has 0 fully saturated rings. The highest BCUT2D eigenvalue weighted by Gasteiger charge is 2.54. The van der Waals surface area contributed by atoms with Gasteiger partial charge in [-0.25, -0.2) is 0 Å². The molecule has 0 unspecified atom stereocenters. The maximum absolute atomic E-state index is 13.3. The van der Waals surface area contributed by atoms with Gasteiger partial charge < -0.3 is 9.84 Å². The normalized spacial score (nSPS) is 22.4. The number of aliphatic hydroxyl groups is 1. The van der Waals surface area contributed by atoms with Gasteiger partial charge in [0.25, 0.3) is 11.6 Å². The van der Waals surface area contributed by atoms with Crippen molar-refractivity contribution in [2.45, 2.75) is 37.6 Å². The zero-order chi connectivity index (χ0) is 20.6. The van der Waals surface area contributed by atoms with Crippen molar-refractivity contribution in [1.29, 1.82) is 0 Å². The molecule has 7 heteroatoms. The second-order valence-corrected chi connectivity index (χ2v) is 7.58. The molecule has 0 bridgehead atoms. The van der Waals surface area contributed by atoms with Gasteiger partial charge in [0, 0.05) is 12.0 Å². The molecule has 154 valence electrons. The van der Waals surface area contributed by atoms with Crippen molar-refractivity contribution < 1.29 is 27.6 Å². The van der Waals surface area contributed by atoms with Crippen molar-refractivity contribution >= 4 is 11.5 Å². The van der Waals surface area contributed by atoms with E-state index < -0.39 is 17.5 Å². The summed E-state index contributed by atoms with van der Waals surface area (Å²) in [5.41, 5.74) is -1.21. The number of benzene rings is 2. The Morgan fingerprint density at radius 3 is 2.52 bits per heavy atom. The first-order valence-corrected chi connectivity index (χ1v) is 9.78. The third-order valence-electron chi connectivity index (χ3n) is 5.72. The van der Waals surface area contributed by atoms with Crippen LogP contribution in [0.2, 0.25) is 0 Å². The molecule has 0 radical (unpaired) electrons. The third kappa shape index (κ3) is 3.59. The summed E-state index contributed by atoms with van der Waals surface area (Å²) in [6.45, 7) is 1.09. The van der Waals surface area contributed by atoms with Crippen LogP contribution in [0.3, 0.4) is 0 Å². The minimum absolute atomic E-state index is 0.310. The zero-order valence-corrected chi connectivity index (χ0v) is 16.2. The monoisotopic (exact) mass is 405 g/mol. The van der Waals surface area contributed by atoms with Gasteiger partial charge >= 0.3 is 6.18 Å². The predicted octanol–water partition coefficient (Wildman–Crippen LogP) is 4.36. The molecule has 2 aliphatic rings. The first-order valence-electron chi connectivity index (χ1n) is 9.78. The maximum Gasteiger partial charge on any atom is 0.416 e. The van der Waals surface area contributed by atoms with Crippen LogP contribution < -0.4 is 9.64 Å². The molecule has 0 spiro atoms. The van der Waals surface area contributed by atoms with Gasteiger partial charge in [-0.1, -0.05) is 6.07 Å². The van der Waals surface area contributed by atoms with Crippen LogP contribution in [0.1, 0.15) is 36.8 Å². The Bertz CT molecular complexity index is 924. The molecule has 0 amide bonds. The van der Waals surface area contributed by atoms with E-state index in [-0.39, 0.29) is 0 Å². The summed E-state index contributed by atoms with van der Waals surface area (Å²) >= 11 is 0.